The van der Waals surface area contributed by atoms with Crippen LogP contribution in [0.2, 0.25) is 0 Å². The van der Waals surface area contributed by atoms with E-state index in [0.717, 1.165) is 6.54 Å². The lowest BCUT2D eigenvalue weighted by atomic mass is 10.1. The highest BCUT2D eigenvalue weighted by Crippen LogP contribution is 2.13. The predicted octanol–water partition coefficient (Wildman–Crippen LogP) is 4.29. The molecule has 2 rings (SSSR count). The van der Waals surface area contributed by atoms with E-state index >= 15 is 0 Å². The van der Waals surface area contributed by atoms with Gasteiger partial charge in [0, 0.05) is 12.1 Å². The second-order valence-corrected chi connectivity index (χ2v) is 6.35. The first-order valence-electron chi connectivity index (χ1n) is 7.48. The van der Waals surface area contributed by atoms with Crippen molar-refractivity contribution in [3.63, 3.8) is 0 Å². The van der Waals surface area contributed by atoms with Crippen LogP contribution in [0.4, 0.5) is 0 Å². The Balaban J connectivity index is 1.90. The third-order valence-electron chi connectivity index (χ3n) is 3.30. The predicted molar refractivity (Wildman–Crippen MR) is 88.0 cm³/mol. The fraction of sp³-hybridized carbons (Fsp3) is 0.368. The molecule has 0 saturated carbocycles. The van der Waals surface area contributed by atoms with E-state index in [-0.39, 0.29) is 5.54 Å². The summed E-state index contributed by atoms with van der Waals surface area (Å²) in [4.78, 5) is 0. The average molecular weight is 283 g/mol. The maximum atomic E-state index is 5.85. The van der Waals surface area contributed by atoms with Crippen LogP contribution in [-0.2, 0) is 24.5 Å². The number of hydrogen-bond donors (Lipinski definition) is 1. The van der Waals surface area contributed by atoms with Crippen LogP contribution in [0.3, 0.4) is 0 Å². The van der Waals surface area contributed by atoms with Gasteiger partial charge in [0.2, 0.25) is 0 Å². The molecule has 112 valence electrons. The summed E-state index contributed by atoms with van der Waals surface area (Å²) in [5.74, 6) is 0. The lowest BCUT2D eigenvalue weighted by Gasteiger charge is -2.21. The normalized spacial score (nSPS) is 11.6. The van der Waals surface area contributed by atoms with Crippen LogP contribution in [0.1, 0.15) is 37.5 Å². The molecule has 0 amide bonds. The standard InChI is InChI=1S/C19H25NO/c1-19(2,3)20-13-17-11-7-8-12-18(17)15-21-14-16-9-5-4-6-10-16/h4-12,20H,13-15H2,1-3H3. The number of hydrogen-bond acceptors (Lipinski definition) is 2. The van der Waals surface area contributed by atoms with Crippen LogP contribution >= 0.6 is 0 Å². The van der Waals surface area contributed by atoms with Crippen molar-refractivity contribution in [3.05, 3.63) is 71.3 Å². The highest BCUT2D eigenvalue weighted by molar-refractivity contribution is 5.26. The molecule has 1 N–H and O–H groups in total. The van der Waals surface area contributed by atoms with Crippen molar-refractivity contribution in [2.24, 2.45) is 0 Å². The van der Waals surface area contributed by atoms with Crippen molar-refractivity contribution < 1.29 is 4.74 Å². The minimum atomic E-state index is 0.123. The second-order valence-electron chi connectivity index (χ2n) is 6.35. The van der Waals surface area contributed by atoms with Crippen LogP contribution in [0, 0.1) is 0 Å². The molecule has 2 nitrogen and oxygen atoms in total. The summed E-state index contributed by atoms with van der Waals surface area (Å²) in [6, 6.07) is 18.8. The Morgan fingerprint density at radius 2 is 1.43 bits per heavy atom. The molecule has 0 aliphatic carbocycles. The summed E-state index contributed by atoms with van der Waals surface area (Å²) in [7, 11) is 0. The van der Waals surface area contributed by atoms with Crippen molar-refractivity contribution >= 4 is 0 Å². The molecular weight excluding hydrogens is 258 g/mol. The van der Waals surface area contributed by atoms with Gasteiger partial charge in [0.1, 0.15) is 0 Å². The molecule has 21 heavy (non-hydrogen) atoms. The van der Waals surface area contributed by atoms with Crippen LogP contribution in [0.25, 0.3) is 0 Å². The summed E-state index contributed by atoms with van der Waals surface area (Å²) in [5, 5.41) is 3.53. The van der Waals surface area contributed by atoms with E-state index in [1.54, 1.807) is 0 Å². The van der Waals surface area contributed by atoms with Gasteiger partial charge in [-0.3, -0.25) is 0 Å². The highest BCUT2D eigenvalue weighted by Gasteiger charge is 2.10. The third-order valence-corrected chi connectivity index (χ3v) is 3.30. The maximum Gasteiger partial charge on any atom is 0.0724 e. The van der Waals surface area contributed by atoms with Gasteiger partial charge in [-0.25, -0.2) is 0 Å². The molecule has 0 spiro atoms. The van der Waals surface area contributed by atoms with Crippen LogP contribution in [0.15, 0.2) is 54.6 Å². The molecule has 0 heterocycles. The molecule has 0 bridgehead atoms. The molecule has 0 saturated heterocycles. The zero-order valence-electron chi connectivity index (χ0n) is 13.2. The fourth-order valence-corrected chi connectivity index (χ4v) is 2.08. The Bertz CT molecular complexity index is 543. The molecule has 0 atom stereocenters. The Kier molecular flexibility index (Phi) is 5.54. The van der Waals surface area contributed by atoms with Gasteiger partial charge in [-0.2, -0.15) is 0 Å². The smallest absolute Gasteiger partial charge is 0.0724 e. The zero-order valence-corrected chi connectivity index (χ0v) is 13.2. The largest absolute Gasteiger partial charge is 0.372 e. The highest BCUT2D eigenvalue weighted by atomic mass is 16.5. The van der Waals surface area contributed by atoms with Crippen molar-refractivity contribution in [1.82, 2.24) is 5.32 Å². The van der Waals surface area contributed by atoms with Gasteiger partial charge in [-0.1, -0.05) is 54.6 Å². The van der Waals surface area contributed by atoms with E-state index in [9.17, 15) is 0 Å². The van der Waals surface area contributed by atoms with E-state index in [2.05, 4.69) is 62.5 Å². The van der Waals surface area contributed by atoms with Crippen molar-refractivity contribution in [3.8, 4) is 0 Å². The minimum Gasteiger partial charge on any atom is -0.372 e. The summed E-state index contributed by atoms with van der Waals surface area (Å²) < 4.78 is 5.85. The number of ether oxygens (including phenoxy) is 1. The van der Waals surface area contributed by atoms with Crippen molar-refractivity contribution in [1.29, 1.82) is 0 Å². The van der Waals surface area contributed by atoms with Crippen molar-refractivity contribution in [2.75, 3.05) is 0 Å². The van der Waals surface area contributed by atoms with E-state index in [1.165, 1.54) is 16.7 Å². The summed E-state index contributed by atoms with van der Waals surface area (Å²) in [6.07, 6.45) is 0. The molecule has 0 radical (unpaired) electrons. The van der Waals surface area contributed by atoms with E-state index in [0.29, 0.717) is 13.2 Å². The summed E-state index contributed by atoms with van der Waals surface area (Å²) in [6.45, 7) is 8.72. The van der Waals surface area contributed by atoms with Gasteiger partial charge in [-0.05, 0) is 37.5 Å². The Morgan fingerprint density at radius 3 is 2.10 bits per heavy atom. The first kappa shape index (κ1) is 15.7. The quantitative estimate of drug-likeness (QED) is 0.854. The molecule has 0 aliphatic rings. The first-order chi connectivity index (χ1) is 10.0. The van der Waals surface area contributed by atoms with Gasteiger partial charge in [0.15, 0.2) is 0 Å². The molecule has 0 fully saturated rings. The summed E-state index contributed by atoms with van der Waals surface area (Å²) >= 11 is 0. The molecule has 0 aliphatic heterocycles. The van der Waals surface area contributed by atoms with Gasteiger partial charge < -0.3 is 10.1 Å². The fourth-order valence-electron chi connectivity index (χ4n) is 2.08. The van der Waals surface area contributed by atoms with Crippen LogP contribution in [0.5, 0.6) is 0 Å². The minimum absolute atomic E-state index is 0.123. The van der Waals surface area contributed by atoms with Crippen molar-refractivity contribution in [2.45, 2.75) is 46.1 Å². The Labute approximate surface area is 128 Å². The van der Waals surface area contributed by atoms with Gasteiger partial charge in [0.25, 0.3) is 0 Å². The average Bonchev–Trinajstić information content (AvgIpc) is 2.46. The molecular formula is C19H25NO. The monoisotopic (exact) mass is 283 g/mol. The molecule has 2 aromatic rings. The summed E-state index contributed by atoms with van der Waals surface area (Å²) in [5.41, 5.74) is 3.89. The van der Waals surface area contributed by atoms with E-state index in [1.807, 2.05) is 18.2 Å². The second kappa shape index (κ2) is 7.39. The van der Waals surface area contributed by atoms with Gasteiger partial charge >= 0.3 is 0 Å². The maximum absolute atomic E-state index is 5.85. The van der Waals surface area contributed by atoms with Crippen LogP contribution in [-0.4, -0.2) is 5.54 Å². The van der Waals surface area contributed by atoms with E-state index in [4.69, 9.17) is 4.74 Å². The van der Waals surface area contributed by atoms with Crippen LogP contribution < -0.4 is 5.32 Å². The zero-order chi connectivity index (χ0) is 15.1. The third kappa shape index (κ3) is 5.70. The number of benzene rings is 2. The topological polar surface area (TPSA) is 21.3 Å². The van der Waals surface area contributed by atoms with Gasteiger partial charge in [0.05, 0.1) is 13.2 Å². The first-order valence-corrected chi connectivity index (χ1v) is 7.48. The Morgan fingerprint density at radius 1 is 0.810 bits per heavy atom. The Hall–Kier alpha value is -1.64. The SMILES string of the molecule is CC(C)(C)NCc1ccccc1COCc1ccccc1. The number of nitrogens with one attached hydrogen (secondary N) is 1. The molecule has 0 aromatic heterocycles. The molecule has 2 aromatic carbocycles. The molecule has 2 heteroatoms. The van der Waals surface area contributed by atoms with Gasteiger partial charge in [-0.15, -0.1) is 0 Å². The lowest BCUT2D eigenvalue weighted by Crippen LogP contribution is -2.35. The number of rotatable bonds is 6. The molecule has 0 unspecified atom stereocenters. The van der Waals surface area contributed by atoms with E-state index < -0.39 is 0 Å². The lowest BCUT2D eigenvalue weighted by molar-refractivity contribution is 0.106.